The van der Waals surface area contributed by atoms with E-state index < -0.39 is 0 Å². The van der Waals surface area contributed by atoms with Crippen LogP contribution >= 0.6 is 0 Å². The summed E-state index contributed by atoms with van der Waals surface area (Å²) in [4.78, 5) is 6.84. The number of nitrogens with one attached hydrogen (secondary N) is 1. The molecule has 0 fully saturated rings. The van der Waals surface area contributed by atoms with Crippen molar-refractivity contribution in [3.63, 3.8) is 0 Å². The number of rotatable bonds is 7. The van der Waals surface area contributed by atoms with Gasteiger partial charge in [0.25, 0.3) is 0 Å². The van der Waals surface area contributed by atoms with E-state index in [1.807, 2.05) is 12.3 Å². The van der Waals surface area contributed by atoms with Gasteiger partial charge in [-0.05, 0) is 38.9 Å². The Labute approximate surface area is 105 Å². The first-order valence-corrected chi connectivity index (χ1v) is 6.60. The fraction of sp³-hybridized carbons (Fsp3) is 0.643. The van der Waals surface area contributed by atoms with E-state index in [4.69, 9.17) is 0 Å². The van der Waals surface area contributed by atoms with Crippen LogP contribution in [0.15, 0.2) is 18.3 Å². The highest BCUT2D eigenvalue weighted by Crippen LogP contribution is 2.11. The predicted molar refractivity (Wildman–Crippen MR) is 74.2 cm³/mol. The molecule has 3 heteroatoms. The average molecular weight is 235 g/mol. The molecule has 0 amide bonds. The molecule has 96 valence electrons. The predicted octanol–water partition coefficient (Wildman–Crippen LogP) is 3.13. The van der Waals surface area contributed by atoms with Crippen LogP contribution in [0.1, 0.15) is 39.8 Å². The van der Waals surface area contributed by atoms with Gasteiger partial charge in [0, 0.05) is 31.0 Å². The standard InChI is InChI=1S/C14H25N3/c1-5-8-15-13-7-9-16-14(10-13)11-17(6-2)12(3)4/h7,9-10,12H,5-6,8,11H2,1-4H3,(H,15,16). The van der Waals surface area contributed by atoms with Crippen LogP contribution < -0.4 is 5.32 Å². The molecule has 1 N–H and O–H groups in total. The Morgan fingerprint density at radius 3 is 2.71 bits per heavy atom. The summed E-state index contributed by atoms with van der Waals surface area (Å²) in [6.07, 6.45) is 3.03. The third kappa shape index (κ3) is 4.73. The van der Waals surface area contributed by atoms with Crippen LogP contribution in [0.2, 0.25) is 0 Å². The molecule has 1 heterocycles. The summed E-state index contributed by atoms with van der Waals surface area (Å²) in [6, 6.07) is 4.75. The first kappa shape index (κ1) is 14.0. The Balaban J connectivity index is 2.64. The monoisotopic (exact) mass is 235 g/mol. The molecule has 0 bridgehead atoms. The van der Waals surface area contributed by atoms with Gasteiger partial charge in [0.1, 0.15) is 0 Å². The van der Waals surface area contributed by atoms with E-state index in [0.29, 0.717) is 6.04 Å². The van der Waals surface area contributed by atoms with Crippen molar-refractivity contribution >= 4 is 5.69 Å². The summed E-state index contributed by atoms with van der Waals surface area (Å²) >= 11 is 0. The topological polar surface area (TPSA) is 28.2 Å². The average Bonchev–Trinajstić information content (AvgIpc) is 2.33. The van der Waals surface area contributed by atoms with Gasteiger partial charge in [0.15, 0.2) is 0 Å². The van der Waals surface area contributed by atoms with Gasteiger partial charge in [-0.15, -0.1) is 0 Å². The van der Waals surface area contributed by atoms with Crippen LogP contribution in [0, 0.1) is 0 Å². The van der Waals surface area contributed by atoms with Gasteiger partial charge in [0.2, 0.25) is 0 Å². The van der Waals surface area contributed by atoms with Crippen LogP contribution in [0.3, 0.4) is 0 Å². The SMILES string of the molecule is CCCNc1ccnc(CN(CC)C(C)C)c1. The zero-order chi connectivity index (χ0) is 12.7. The lowest BCUT2D eigenvalue weighted by Gasteiger charge is -2.24. The fourth-order valence-corrected chi connectivity index (χ4v) is 1.81. The summed E-state index contributed by atoms with van der Waals surface area (Å²) in [5.41, 5.74) is 2.32. The maximum Gasteiger partial charge on any atom is 0.0564 e. The molecule has 0 aliphatic rings. The van der Waals surface area contributed by atoms with E-state index >= 15 is 0 Å². The Bertz CT molecular complexity index is 323. The highest BCUT2D eigenvalue weighted by atomic mass is 15.1. The smallest absolute Gasteiger partial charge is 0.0564 e. The minimum absolute atomic E-state index is 0.564. The van der Waals surface area contributed by atoms with Crippen molar-refractivity contribution in [2.75, 3.05) is 18.4 Å². The Morgan fingerprint density at radius 2 is 2.12 bits per heavy atom. The molecule has 0 atom stereocenters. The van der Waals surface area contributed by atoms with Gasteiger partial charge >= 0.3 is 0 Å². The number of pyridine rings is 1. The number of nitrogens with zero attached hydrogens (tertiary/aromatic N) is 2. The molecule has 1 aromatic rings. The second-order valence-corrected chi connectivity index (χ2v) is 4.62. The van der Waals surface area contributed by atoms with E-state index in [1.165, 1.54) is 5.69 Å². The maximum atomic E-state index is 4.44. The largest absolute Gasteiger partial charge is 0.385 e. The Morgan fingerprint density at radius 1 is 1.35 bits per heavy atom. The molecule has 3 nitrogen and oxygen atoms in total. The van der Waals surface area contributed by atoms with E-state index in [9.17, 15) is 0 Å². The Kier molecular flexibility index (Phi) is 5.98. The van der Waals surface area contributed by atoms with Gasteiger partial charge in [0.05, 0.1) is 5.69 Å². The van der Waals surface area contributed by atoms with Gasteiger partial charge in [-0.3, -0.25) is 9.88 Å². The third-order valence-electron chi connectivity index (χ3n) is 2.90. The minimum Gasteiger partial charge on any atom is -0.385 e. The molecule has 0 aromatic carbocycles. The molecule has 0 unspecified atom stereocenters. The molecule has 1 aromatic heterocycles. The summed E-state index contributed by atoms with van der Waals surface area (Å²) in [5, 5.41) is 3.40. The lowest BCUT2D eigenvalue weighted by molar-refractivity contribution is 0.222. The molecule has 0 aliphatic heterocycles. The highest BCUT2D eigenvalue weighted by molar-refractivity contribution is 5.43. The second kappa shape index (κ2) is 7.28. The highest BCUT2D eigenvalue weighted by Gasteiger charge is 2.08. The first-order chi connectivity index (χ1) is 8.17. The fourth-order valence-electron chi connectivity index (χ4n) is 1.81. The van der Waals surface area contributed by atoms with E-state index in [2.05, 4.69) is 49.0 Å². The van der Waals surface area contributed by atoms with Crippen molar-refractivity contribution in [2.45, 2.75) is 46.7 Å². The number of hydrogen-bond acceptors (Lipinski definition) is 3. The van der Waals surface area contributed by atoms with Crippen molar-refractivity contribution in [2.24, 2.45) is 0 Å². The first-order valence-electron chi connectivity index (χ1n) is 6.60. The second-order valence-electron chi connectivity index (χ2n) is 4.62. The van der Waals surface area contributed by atoms with Gasteiger partial charge in [-0.25, -0.2) is 0 Å². The summed E-state index contributed by atoms with van der Waals surface area (Å²) < 4.78 is 0. The van der Waals surface area contributed by atoms with Crippen molar-refractivity contribution in [3.8, 4) is 0 Å². The quantitative estimate of drug-likeness (QED) is 0.787. The molecular formula is C14H25N3. The third-order valence-corrected chi connectivity index (χ3v) is 2.90. The van der Waals surface area contributed by atoms with Crippen LogP contribution in [-0.2, 0) is 6.54 Å². The van der Waals surface area contributed by atoms with Crippen molar-refractivity contribution in [1.82, 2.24) is 9.88 Å². The van der Waals surface area contributed by atoms with Crippen molar-refractivity contribution < 1.29 is 0 Å². The summed E-state index contributed by atoms with van der Waals surface area (Å²) in [7, 11) is 0. The van der Waals surface area contributed by atoms with Crippen LogP contribution in [-0.4, -0.2) is 29.0 Å². The summed E-state index contributed by atoms with van der Waals surface area (Å²) in [5.74, 6) is 0. The van der Waals surface area contributed by atoms with E-state index in [-0.39, 0.29) is 0 Å². The summed E-state index contributed by atoms with van der Waals surface area (Å²) in [6.45, 7) is 11.8. The maximum absolute atomic E-state index is 4.44. The van der Waals surface area contributed by atoms with Gasteiger partial charge < -0.3 is 5.32 Å². The molecule has 0 aliphatic carbocycles. The van der Waals surface area contributed by atoms with Gasteiger partial charge in [-0.1, -0.05) is 13.8 Å². The molecule has 0 saturated heterocycles. The van der Waals surface area contributed by atoms with Crippen LogP contribution in [0.4, 0.5) is 5.69 Å². The van der Waals surface area contributed by atoms with E-state index in [1.54, 1.807) is 0 Å². The van der Waals surface area contributed by atoms with Crippen LogP contribution in [0.25, 0.3) is 0 Å². The molecule has 1 rings (SSSR count). The minimum atomic E-state index is 0.564. The zero-order valence-corrected chi connectivity index (χ0v) is 11.5. The zero-order valence-electron chi connectivity index (χ0n) is 11.5. The van der Waals surface area contributed by atoms with Crippen molar-refractivity contribution in [1.29, 1.82) is 0 Å². The number of anilines is 1. The van der Waals surface area contributed by atoms with Crippen LogP contribution in [0.5, 0.6) is 0 Å². The lowest BCUT2D eigenvalue weighted by atomic mass is 10.2. The normalized spacial score (nSPS) is 11.2. The van der Waals surface area contributed by atoms with Gasteiger partial charge in [-0.2, -0.15) is 0 Å². The molecule has 17 heavy (non-hydrogen) atoms. The van der Waals surface area contributed by atoms with Crippen molar-refractivity contribution in [3.05, 3.63) is 24.0 Å². The molecule has 0 spiro atoms. The Hall–Kier alpha value is -1.09. The lowest BCUT2D eigenvalue weighted by Crippen LogP contribution is -2.30. The van der Waals surface area contributed by atoms with E-state index in [0.717, 1.165) is 31.7 Å². The number of aromatic nitrogens is 1. The molecular weight excluding hydrogens is 210 g/mol. The molecule has 0 radical (unpaired) electrons. The number of hydrogen-bond donors (Lipinski definition) is 1. The molecule has 0 saturated carbocycles.